The third-order valence-corrected chi connectivity index (χ3v) is 4.70. The molecule has 1 fully saturated rings. The number of aliphatic hydroxyl groups excluding tert-OH is 1. The van der Waals surface area contributed by atoms with Crippen molar-refractivity contribution >= 4 is 0 Å². The first kappa shape index (κ1) is 18.0. The SMILES string of the molecule is Cc1ccc(CN2CCN(Cc3ccc(F)c(F)c3)[C@@H](CCO)C2)o1. The highest BCUT2D eigenvalue weighted by atomic mass is 19.2. The van der Waals surface area contributed by atoms with Gasteiger partial charge in [-0.05, 0) is 43.2 Å². The Labute approximate surface area is 146 Å². The molecule has 0 spiro atoms. The average molecular weight is 350 g/mol. The van der Waals surface area contributed by atoms with Crippen molar-refractivity contribution in [2.24, 2.45) is 0 Å². The van der Waals surface area contributed by atoms with Crippen LogP contribution < -0.4 is 0 Å². The summed E-state index contributed by atoms with van der Waals surface area (Å²) in [5, 5.41) is 9.39. The second-order valence-electron chi connectivity index (χ2n) is 6.63. The zero-order valence-electron chi connectivity index (χ0n) is 14.4. The van der Waals surface area contributed by atoms with Crippen molar-refractivity contribution in [3.05, 3.63) is 59.1 Å². The molecule has 1 aliphatic heterocycles. The molecule has 1 aromatic carbocycles. The van der Waals surface area contributed by atoms with E-state index in [1.54, 1.807) is 6.07 Å². The highest BCUT2D eigenvalue weighted by molar-refractivity contribution is 5.18. The number of benzene rings is 1. The molecule has 0 saturated carbocycles. The predicted octanol–water partition coefficient (Wildman–Crippen LogP) is 2.94. The van der Waals surface area contributed by atoms with Crippen LogP contribution in [0.3, 0.4) is 0 Å². The van der Waals surface area contributed by atoms with Crippen LogP contribution in [0, 0.1) is 18.6 Å². The number of hydrogen-bond donors (Lipinski definition) is 1. The summed E-state index contributed by atoms with van der Waals surface area (Å²) in [7, 11) is 0. The molecular formula is C19H24F2N2O2. The van der Waals surface area contributed by atoms with Gasteiger partial charge in [-0.15, -0.1) is 0 Å². The zero-order chi connectivity index (χ0) is 17.8. The fourth-order valence-electron chi connectivity index (χ4n) is 3.39. The van der Waals surface area contributed by atoms with Gasteiger partial charge < -0.3 is 9.52 Å². The molecule has 4 nitrogen and oxygen atoms in total. The number of piperazine rings is 1. The molecule has 0 unspecified atom stereocenters. The molecular weight excluding hydrogens is 326 g/mol. The minimum Gasteiger partial charge on any atom is -0.465 e. The van der Waals surface area contributed by atoms with Gasteiger partial charge in [-0.3, -0.25) is 9.80 Å². The molecule has 6 heteroatoms. The van der Waals surface area contributed by atoms with Crippen LogP contribution >= 0.6 is 0 Å². The van der Waals surface area contributed by atoms with Crippen LogP contribution in [0.15, 0.2) is 34.7 Å². The minimum absolute atomic E-state index is 0.104. The zero-order valence-corrected chi connectivity index (χ0v) is 14.4. The number of rotatable bonds is 6. The maximum Gasteiger partial charge on any atom is 0.159 e. The van der Waals surface area contributed by atoms with Crippen LogP contribution in [0.4, 0.5) is 8.78 Å². The molecule has 0 amide bonds. The van der Waals surface area contributed by atoms with Crippen molar-refractivity contribution in [1.29, 1.82) is 0 Å². The number of hydrogen-bond acceptors (Lipinski definition) is 4. The van der Waals surface area contributed by atoms with Gasteiger partial charge in [0.05, 0.1) is 6.54 Å². The lowest BCUT2D eigenvalue weighted by Gasteiger charge is -2.41. The summed E-state index contributed by atoms with van der Waals surface area (Å²) in [6.45, 7) is 5.81. The predicted molar refractivity (Wildman–Crippen MR) is 91.0 cm³/mol. The van der Waals surface area contributed by atoms with E-state index in [1.165, 1.54) is 12.1 Å². The fraction of sp³-hybridized carbons (Fsp3) is 0.474. The van der Waals surface area contributed by atoms with Gasteiger partial charge in [0.25, 0.3) is 0 Å². The molecule has 1 aromatic heterocycles. The molecule has 2 heterocycles. The molecule has 0 radical (unpaired) electrons. The molecule has 2 aromatic rings. The molecule has 1 aliphatic rings. The van der Waals surface area contributed by atoms with Crippen LogP contribution in [0.25, 0.3) is 0 Å². The Morgan fingerprint density at radius 3 is 2.64 bits per heavy atom. The van der Waals surface area contributed by atoms with Crippen LogP contribution in [0.5, 0.6) is 0 Å². The van der Waals surface area contributed by atoms with E-state index in [9.17, 15) is 13.9 Å². The van der Waals surface area contributed by atoms with E-state index in [0.717, 1.165) is 43.3 Å². The minimum atomic E-state index is -0.825. The second-order valence-corrected chi connectivity index (χ2v) is 6.63. The van der Waals surface area contributed by atoms with Gasteiger partial charge in [0.15, 0.2) is 11.6 Å². The normalized spacial score (nSPS) is 19.4. The fourth-order valence-corrected chi connectivity index (χ4v) is 3.39. The van der Waals surface area contributed by atoms with E-state index in [2.05, 4.69) is 9.80 Å². The Kier molecular flexibility index (Phi) is 5.83. The first-order valence-electron chi connectivity index (χ1n) is 8.61. The van der Waals surface area contributed by atoms with Gasteiger partial charge in [-0.1, -0.05) is 6.07 Å². The summed E-state index contributed by atoms with van der Waals surface area (Å²) in [4.78, 5) is 4.53. The van der Waals surface area contributed by atoms with Crippen LogP contribution in [0.1, 0.15) is 23.5 Å². The summed E-state index contributed by atoms with van der Waals surface area (Å²) in [6, 6.07) is 8.16. The number of nitrogens with zero attached hydrogens (tertiary/aromatic N) is 2. The molecule has 25 heavy (non-hydrogen) atoms. The maximum atomic E-state index is 13.4. The van der Waals surface area contributed by atoms with Gasteiger partial charge in [0, 0.05) is 38.8 Å². The van der Waals surface area contributed by atoms with Crippen LogP contribution in [-0.4, -0.2) is 47.2 Å². The summed E-state index contributed by atoms with van der Waals surface area (Å²) < 4.78 is 32.2. The van der Waals surface area contributed by atoms with Gasteiger partial charge in [-0.2, -0.15) is 0 Å². The first-order valence-corrected chi connectivity index (χ1v) is 8.61. The monoisotopic (exact) mass is 350 g/mol. The maximum absolute atomic E-state index is 13.4. The largest absolute Gasteiger partial charge is 0.465 e. The van der Waals surface area contributed by atoms with Crippen LogP contribution in [-0.2, 0) is 13.1 Å². The van der Waals surface area contributed by atoms with Crippen molar-refractivity contribution in [3.63, 3.8) is 0 Å². The lowest BCUT2D eigenvalue weighted by molar-refractivity contribution is 0.0466. The molecule has 3 rings (SSSR count). The quantitative estimate of drug-likeness (QED) is 0.870. The smallest absolute Gasteiger partial charge is 0.159 e. The lowest BCUT2D eigenvalue weighted by atomic mass is 10.1. The van der Waals surface area contributed by atoms with E-state index in [-0.39, 0.29) is 12.6 Å². The topological polar surface area (TPSA) is 39.9 Å². The third-order valence-electron chi connectivity index (χ3n) is 4.70. The first-order chi connectivity index (χ1) is 12.0. The van der Waals surface area contributed by atoms with Crippen molar-refractivity contribution in [1.82, 2.24) is 9.80 Å². The van der Waals surface area contributed by atoms with Gasteiger partial charge >= 0.3 is 0 Å². The molecule has 1 saturated heterocycles. The van der Waals surface area contributed by atoms with Gasteiger partial charge in [0.2, 0.25) is 0 Å². The van der Waals surface area contributed by atoms with Crippen molar-refractivity contribution < 1.29 is 18.3 Å². The number of aliphatic hydroxyl groups is 1. The summed E-state index contributed by atoms with van der Waals surface area (Å²) in [5.41, 5.74) is 0.747. The molecule has 1 atom stereocenters. The summed E-state index contributed by atoms with van der Waals surface area (Å²) >= 11 is 0. The Morgan fingerprint density at radius 1 is 1.12 bits per heavy atom. The van der Waals surface area contributed by atoms with Gasteiger partial charge in [-0.25, -0.2) is 8.78 Å². The Morgan fingerprint density at radius 2 is 1.96 bits per heavy atom. The van der Waals surface area contributed by atoms with Crippen molar-refractivity contribution in [2.45, 2.75) is 32.5 Å². The lowest BCUT2D eigenvalue weighted by Crippen LogP contribution is -2.52. The van der Waals surface area contributed by atoms with E-state index in [1.807, 2.05) is 19.1 Å². The number of aryl methyl sites for hydroxylation is 1. The summed E-state index contributed by atoms with van der Waals surface area (Å²) in [5.74, 6) is 0.199. The second kappa shape index (κ2) is 8.08. The Bertz CT molecular complexity index is 704. The standard InChI is InChI=1S/C19H24F2N2O2/c1-14-2-4-17(25-14)13-22-7-8-23(16(12-22)6-9-24)11-15-3-5-18(20)19(21)10-15/h2-5,10,16,24H,6-9,11-13H2,1H3/t16-/m0/s1. The summed E-state index contributed by atoms with van der Waals surface area (Å²) in [6.07, 6.45) is 0.650. The van der Waals surface area contributed by atoms with E-state index in [4.69, 9.17) is 4.42 Å². The highest BCUT2D eigenvalue weighted by Crippen LogP contribution is 2.20. The van der Waals surface area contributed by atoms with Crippen molar-refractivity contribution in [2.75, 3.05) is 26.2 Å². The molecule has 0 aliphatic carbocycles. The van der Waals surface area contributed by atoms with E-state index in [0.29, 0.717) is 13.0 Å². The highest BCUT2D eigenvalue weighted by Gasteiger charge is 2.27. The van der Waals surface area contributed by atoms with Crippen molar-refractivity contribution in [3.8, 4) is 0 Å². The van der Waals surface area contributed by atoms with E-state index < -0.39 is 11.6 Å². The number of halogens is 2. The third kappa shape index (κ3) is 4.66. The van der Waals surface area contributed by atoms with Gasteiger partial charge in [0.1, 0.15) is 11.5 Å². The molecule has 1 N–H and O–H groups in total. The number of furan rings is 1. The Hall–Kier alpha value is -1.76. The van der Waals surface area contributed by atoms with E-state index >= 15 is 0 Å². The molecule has 136 valence electrons. The molecule has 0 bridgehead atoms. The van der Waals surface area contributed by atoms with Crippen LogP contribution in [0.2, 0.25) is 0 Å². The Balaban J connectivity index is 1.63. The average Bonchev–Trinajstić information content (AvgIpc) is 2.98.